The third-order valence-corrected chi connectivity index (χ3v) is 5.30. The van der Waals surface area contributed by atoms with E-state index in [0.717, 1.165) is 44.7 Å². The van der Waals surface area contributed by atoms with Crippen molar-refractivity contribution < 1.29 is 4.79 Å². The summed E-state index contributed by atoms with van der Waals surface area (Å²) >= 11 is 0. The molecule has 3 rings (SSSR count). The molecule has 1 aliphatic rings. The van der Waals surface area contributed by atoms with Crippen molar-refractivity contribution in [2.75, 3.05) is 33.2 Å². The van der Waals surface area contributed by atoms with Gasteiger partial charge in [-0.15, -0.1) is 10.2 Å². The molecular weight excluding hydrogens is 340 g/mol. The van der Waals surface area contributed by atoms with Gasteiger partial charge in [-0.3, -0.25) is 0 Å². The summed E-state index contributed by atoms with van der Waals surface area (Å²) in [5.41, 5.74) is 1.27. The highest BCUT2D eigenvalue weighted by molar-refractivity contribution is 5.74. The summed E-state index contributed by atoms with van der Waals surface area (Å²) in [7, 11) is 4.06. The highest BCUT2D eigenvalue weighted by Gasteiger charge is 2.26. The van der Waals surface area contributed by atoms with E-state index >= 15 is 0 Å². The Labute approximate surface area is 161 Å². The number of rotatable bonds is 7. The number of hydrogen-bond acceptors (Lipinski definition) is 4. The predicted molar refractivity (Wildman–Crippen MR) is 105 cm³/mol. The van der Waals surface area contributed by atoms with Gasteiger partial charge in [0.15, 0.2) is 0 Å². The monoisotopic (exact) mass is 370 g/mol. The molecule has 0 saturated carbocycles. The average molecular weight is 371 g/mol. The maximum atomic E-state index is 12.9. The summed E-state index contributed by atoms with van der Waals surface area (Å²) in [4.78, 5) is 17.3. The molecule has 1 aliphatic heterocycles. The second-order valence-corrected chi connectivity index (χ2v) is 7.30. The molecule has 2 aromatic rings. The lowest BCUT2D eigenvalue weighted by atomic mass is 10.0. The molecule has 7 nitrogen and oxygen atoms in total. The summed E-state index contributed by atoms with van der Waals surface area (Å²) in [6.45, 7) is 3.39. The molecule has 0 unspecified atom stereocenters. The zero-order chi connectivity index (χ0) is 19.1. The molecule has 0 spiro atoms. The van der Waals surface area contributed by atoms with E-state index < -0.39 is 0 Å². The molecule has 0 aliphatic carbocycles. The van der Waals surface area contributed by atoms with Crippen LogP contribution in [-0.2, 0) is 19.9 Å². The minimum atomic E-state index is 0.0302. The molecular formula is C20H30N6O. The maximum Gasteiger partial charge on any atom is 0.317 e. The Morgan fingerprint density at radius 2 is 1.93 bits per heavy atom. The third-order valence-electron chi connectivity index (χ3n) is 5.30. The van der Waals surface area contributed by atoms with E-state index in [4.69, 9.17) is 0 Å². The van der Waals surface area contributed by atoms with Gasteiger partial charge in [-0.2, -0.15) is 0 Å². The lowest BCUT2D eigenvalue weighted by Crippen LogP contribution is -2.51. The number of hydrogen-bond donors (Lipinski definition) is 1. The first-order valence-electron chi connectivity index (χ1n) is 9.73. The SMILES string of the molecule is CN1CCC(N(CCc2ccccc2)C(=O)NCCc2nncn2C)CC1. The number of nitrogens with one attached hydrogen (secondary N) is 1. The quantitative estimate of drug-likeness (QED) is 0.806. The number of amides is 2. The van der Waals surface area contributed by atoms with Crippen LogP contribution in [0.5, 0.6) is 0 Å². The Balaban J connectivity index is 1.57. The van der Waals surface area contributed by atoms with Gasteiger partial charge in [0, 0.05) is 32.6 Å². The van der Waals surface area contributed by atoms with Crippen LogP contribution in [0.3, 0.4) is 0 Å². The number of aryl methyl sites for hydroxylation is 1. The van der Waals surface area contributed by atoms with Gasteiger partial charge in [0.05, 0.1) is 0 Å². The third kappa shape index (κ3) is 5.53. The first-order valence-corrected chi connectivity index (χ1v) is 9.73. The normalized spacial score (nSPS) is 15.6. The molecule has 7 heteroatoms. The van der Waals surface area contributed by atoms with Crippen molar-refractivity contribution in [1.82, 2.24) is 29.9 Å². The van der Waals surface area contributed by atoms with Crippen LogP contribution in [0.1, 0.15) is 24.2 Å². The van der Waals surface area contributed by atoms with Gasteiger partial charge in [0.2, 0.25) is 0 Å². The molecule has 1 aromatic carbocycles. The Bertz CT molecular complexity index is 708. The van der Waals surface area contributed by atoms with Gasteiger partial charge in [0.25, 0.3) is 0 Å². The van der Waals surface area contributed by atoms with Crippen LogP contribution in [0.4, 0.5) is 4.79 Å². The molecule has 27 heavy (non-hydrogen) atoms. The van der Waals surface area contributed by atoms with Crippen molar-refractivity contribution in [3.8, 4) is 0 Å². The highest BCUT2D eigenvalue weighted by atomic mass is 16.2. The maximum absolute atomic E-state index is 12.9. The van der Waals surface area contributed by atoms with Crippen molar-refractivity contribution in [1.29, 1.82) is 0 Å². The second kappa shape index (κ2) is 9.50. The zero-order valence-corrected chi connectivity index (χ0v) is 16.3. The summed E-state index contributed by atoms with van der Waals surface area (Å²) in [6, 6.07) is 10.7. The smallest absolute Gasteiger partial charge is 0.317 e. The van der Waals surface area contributed by atoms with Crippen molar-refractivity contribution in [2.45, 2.75) is 31.7 Å². The number of piperidine rings is 1. The average Bonchev–Trinajstić information content (AvgIpc) is 3.09. The number of carbonyl (C=O) groups excluding carboxylic acids is 1. The Morgan fingerprint density at radius 1 is 1.19 bits per heavy atom. The van der Waals surface area contributed by atoms with E-state index in [-0.39, 0.29) is 6.03 Å². The van der Waals surface area contributed by atoms with Crippen LogP contribution < -0.4 is 5.32 Å². The number of urea groups is 1. The van der Waals surface area contributed by atoms with Crippen LogP contribution in [-0.4, -0.2) is 69.9 Å². The van der Waals surface area contributed by atoms with E-state index in [1.165, 1.54) is 5.56 Å². The lowest BCUT2D eigenvalue weighted by Gasteiger charge is -2.37. The summed E-state index contributed by atoms with van der Waals surface area (Å²) < 4.78 is 1.89. The van der Waals surface area contributed by atoms with E-state index in [1.54, 1.807) is 6.33 Å². The summed E-state index contributed by atoms with van der Waals surface area (Å²) in [6.07, 6.45) is 5.30. The Kier molecular flexibility index (Phi) is 6.81. The van der Waals surface area contributed by atoms with E-state index in [9.17, 15) is 4.79 Å². The van der Waals surface area contributed by atoms with Gasteiger partial charge in [-0.25, -0.2) is 4.79 Å². The molecule has 0 bridgehead atoms. The van der Waals surface area contributed by atoms with Crippen LogP contribution >= 0.6 is 0 Å². The lowest BCUT2D eigenvalue weighted by molar-refractivity contribution is 0.132. The highest BCUT2D eigenvalue weighted by Crippen LogP contribution is 2.16. The topological polar surface area (TPSA) is 66.3 Å². The largest absolute Gasteiger partial charge is 0.338 e. The van der Waals surface area contributed by atoms with Crippen LogP contribution in [0.2, 0.25) is 0 Å². The standard InChI is InChI=1S/C20H30N6O/c1-24-13-10-18(11-14-24)26(15-9-17-6-4-3-5-7-17)20(27)21-12-8-19-23-22-16-25(19)2/h3-7,16,18H,8-15H2,1-2H3,(H,21,27). The van der Waals surface area contributed by atoms with Crippen molar-refractivity contribution in [3.63, 3.8) is 0 Å². The molecule has 1 N–H and O–H groups in total. The summed E-state index contributed by atoms with van der Waals surface area (Å²) in [5, 5.41) is 11.0. The molecule has 1 saturated heterocycles. The van der Waals surface area contributed by atoms with Gasteiger partial charge in [-0.1, -0.05) is 30.3 Å². The molecule has 0 radical (unpaired) electrons. The molecule has 146 valence electrons. The van der Waals surface area contributed by atoms with E-state index in [1.807, 2.05) is 22.6 Å². The molecule has 2 amide bonds. The second-order valence-electron chi connectivity index (χ2n) is 7.30. The number of carbonyl (C=O) groups is 1. The minimum Gasteiger partial charge on any atom is -0.338 e. The molecule has 2 heterocycles. The first kappa shape index (κ1) is 19.4. The summed E-state index contributed by atoms with van der Waals surface area (Å²) in [5.74, 6) is 0.880. The number of benzene rings is 1. The molecule has 0 atom stereocenters. The van der Waals surface area contributed by atoms with E-state index in [0.29, 0.717) is 19.0 Å². The van der Waals surface area contributed by atoms with Gasteiger partial charge in [0.1, 0.15) is 12.2 Å². The fraction of sp³-hybridized carbons (Fsp3) is 0.550. The van der Waals surface area contributed by atoms with E-state index in [2.05, 4.69) is 51.7 Å². The predicted octanol–water partition coefficient (Wildman–Crippen LogP) is 1.71. The van der Waals surface area contributed by atoms with Crippen molar-refractivity contribution in [2.24, 2.45) is 7.05 Å². The van der Waals surface area contributed by atoms with Crippen molar-refractivity contribution in [3.05, 3.63) is 48.0 Å². The first-order chi connectivity index (χ1) is 13.1. The van der Waals surface area contributed by atoms with Gasteiger partial charge >= 0.3 is 6.03 Å². The van der Waals surface area contributed by atoms with Crippen LogP contribution in [0.15, 0.2) is 36.7 Å². The Morgan fingerprint density at radius 3 is 2.59 bits per heavy atom. The molecule has 1 fully saturated rings. The minimum absolute atomic E-state index is 0.0302. The zero-order valence-electron chi connectivity index (χ0n) is 16.3. The fourth-order valence-corrected chi connectivity index (χ4v) is 3.57. The molecule has 1 aromatic heterocycles. The Hall–Kier alpha value is -2.41. The van der Waals surface area contributed by atoms with Gasteiger partial charge < -0.3 is 19.7 Å². The van der Waals surface area contributed by atoms with Crippen molar-refractivity contribution >= 4 is 6.03 Å². The number of likely N-dealkylation sites (tertiary alicyclic amines) is 1. The number of nitrogens with zero attached hydrogens (tertiary/aromatic N) is 5. The van der Waals surface area contributed by atoms with Gasteiger partial charge in [-0.05, 0) is 45.0 Å². The number of aromatic nitrogens is 3. The fourth-order valence-electron chi connectivity index (χ4n) is 3.57. The van der Waals surface area contributed by atoms with Crippen LogP contribution in [0.25, 0.3) is 0 Å². The van der Waals surface area contributed by atoms with Crippen LogP contribution in [0, 0.1) is 0 Å².